The summed E-state index contributed by atoms with van der Waals surface area (Å²) in [5.74, 6) is 3.66. The van der Waals surface area contributed by atoms with Crippen LogP contribution in [0, 0.1) is 28.6 Å². The summed E-state index contributed by atoms with van der Waals surface area (Å²) in [5.41, 5.74) is 2.72. The van der Waals surface area contributed by atoms with Crippen molar-refractivity contribution in [3.63, 3.8) is 0 Å². The predicted octanol–water partition coefficient (Wildman–Crippen LogP) is 4.17. The zero-order valence-corrected chi connectivity index (χ0v) is 16.5. The van der Waals surface area contributed by atoms with E-state index in [1.165, 1.54) is 18.4 Å². The summed E-state index contributed by atoms with van der Waals surface area (Å²) in [6, 6.07) is 6.72. The zero-order valence-electron chi connectivity index (χ0n) is 16.5. The fourth-order valence-electron chi connectivity index (χ4n) is 8.00. The van der Waals surface area contributed by atoms with Crippen LogP contribution in [-0.4, -0.2) is 31.5 Å². The van der Waals surface area contributed by atoms with E-state index < -0.39 is 5.60 Å². The van der Waals surface area contributed by atoms with Crippen LogP contribution in [0.15, 0.2) is 18.2 Å². The smallest absolute Gasteiger partial charge is 0.119 e. The molecule has 1 aromatic rings. The van der Waals surface area contributed by atoms with Crippen LogP contribution in [0.5, 0.6) is 5.75 Å². The van der Waals surface area contributed by atoms with E-state index in [4.69, 9.17) is 9.47 Å². The van der Waals surface area contributed by atoms with E-state index in [-0.39, 0.29) is 5.41 Å². The van der Waals surface area contributed by atoms with E-state index in [1.807, 2.05) is 0 Å². The van der Waals surface area contributed by atoms with E-state index in [0.717, 1.165) is 25.0 Å². The molecule has 5 rings (SSSR count). The van der Waals surface area contributed by atoms with E-state index in [2.05, 4.69) is 32.0 Å². The lowest BCUT2D eigenvalue weighted by Crippen LogP contribution is -2.57. The topological polar surface area (TPSA) is 38.7 Å². The number of methoxy groups -OCH3 is 2. The minimum atomic E-state index is -0.643. The molecule has 1 aromatic carbocycles. The van der Waals surface area contributed by atoms with Crippen LogP contribution in [-0.2, 0) is 11.2 Å². The number of hydrogen-bond acceptors (Lipinski definition) is 3. The van der Waals surface area contributed by atoms with Crippen molar-refractivity contribution in [3.8, 4) is 5.75 Å². The molecular weight excluding hydrogens is 324 g/mol. The first-order chi connectivity index (χ1) is 12.4. The molecule has 0 radical (unpaired) electrons. The van der Waals surface area contributed by atoms with Crippen molar-refractivity contribution < 1.29 is 14.6 Å². The zero-order chi connectivity index (χ0) is 18.3. The minimum absolute atomic E-state index is 0.0000764. The quantitative estimate of drug-likeness (QED) is 0.883. The molecule has 3 fully saturated rings. The Hall–Kier alpha value is -1.06. The van der Waals surface area contributed by atoms with Crippen LogP contribution in [0.4, 0.5) is 0 Å². The normalized spacial score (nSPS) is 48.2. The Morgan fingerprint density at radius 1 is 1.23 bits per heavy atom. The molecule has 3 nitrogen and oxygen atoms in total. The first kappa shape index (κ1) is 17.1. The molecule has 0 unspecified atom stereocenters. The van der Waals surface area contributed by atoms with Gasteiger partial charge < -0.3 is 14.6 Å². The van der Waals surface area contributed by atoms with Crippen molar-refractivity contribution in [1.29, 1.82) is 0 Å². The van der Waals surface area contributed by atoms with Crippen molar-refractivity contribution in [1.82, 2.24) is 0 Å². The largest absolute Gasteiger partial charge is 0.497 e. The van der Waals surface area contributed by atoms with Gasteiger partial charge in [0.05, 0.1) is 19.3 Å². The Morgan fingerprint density at radius 3 is 2.77 bits per heavy atom. The van der Waals surface area contributed by atoms with Crippen molar-refractivity contribution in [2.75, 3.05) is 20.8 Å². The van der Waals surface area contributed by atoms with Gasteiger partial charge in [0.1, 0.15) is 5.75 Å². The highest BCUT2D eigenvalue weighted by atomic mass is 16.5. The van der Waals surface area contributed by atoms with Crippen molar-refractivity contribution >= 4 is 0 Å². The third-order valence-electron chi connectivity index (χ3n) is 9.06. The summed E-state index contributed by atoms with van der Waals surface area (Å²) >= 11 is 0. The summed E-state index contributed by atoms with van der Waals surface area (Å²) in [6.45, 7) is 5.32. The summed E-state index contributed by atoms with van der Waals surface area (Å²) in [5, 5.41) is 11.5. The average molecular weight is 357 g/mol. The molecule has 0 amide bonds. The number of fused-ring (bicyclic) bond motifs is 3. The summed E-state index contributed by atoms with van der Waals surface area (Å²) in [7, 11) is 3.49. The Morgan fingerprint density at radius 2 is 2.04 bits per heavy atom. The van der Waals surface area contributed by atoms with Gasteiger partial charge in [-0.1, -0.05) is 19.9 Å². The molecule has 0 bridgehead atoms. The molecule has 0 saturated heterocycles. The lowest BCUT2D eigenvalue weighted by atomic mass is 9.48. The standard InChI is InChI=1S/C23H32O3/c1-14-9-15-10-17(26-4)5-6-18(15)19-7-8-21(2)22(24,13-25-3)11-16-12-23(16,21)20(14)19/h5-6,10,14,16,19-20,24H,7-9,11-13H2,1-4H3/t14-,16-,19-,20-,21-,22-,23-/m1/s1. The SMILES string of the molecule is COC[C@]1(O)C[C@@H]2C[C@]23[C@@H]2[C@H](C)Cc4cc(OC)ccc4[C@H]2CC[C@]13C. The van der Waals surface area contributed by atoms with Gasteiger partial charge in [0.25, 0.3) is 0 Å². The molecule has 1 N–H and O–H groups in total. The molecule has 7 atom stereocenters. The van der Waals surface area contributed by atoms with E-state index in [0.29, 0.717) is 35.7 Å². The highest BCUT2D eigenvalue weighted by molar-refractivity contribution is 5.43. The Labute approximate surface area is 157 Å². The molecule has 0 heterocycles. The molecule has 3 heteroatoms. The maximum absolute atomic E-state index is 11.5. The van der Waals surface area contributed by atoms with Crippen LogP contribution in [0.25, 0.3) is 0 Å². The highest BCUT2D eigenvalue weighted by Gasteiger charge is 2.81. The van der Waals surface area contributed by atoms with Gasteiger partial charge in [-0.25, -0.2) is 0 Å². The monoisotopic (exact) mass is 356 g/mol. The third kappa shape index (κ3) is 1.82. The summed E-state index contributed by atoms with van der Waals surface area (Å²) < 4.78 is 11.0. The van der Waals surface area contributed by atoms with Crippen LogP contribution in [0.1, 0.15) is 56.6 Å². The predicted molar refractivity (Wildman–Crippen MR) is 101 cm³/mol. The molecule has 26 heavy (non-hydrogen) atoms. The third-order valence-corrected chi connectivity index (χ3v) is 9.06. The van der Waals surface area contributed by atoms with Crippen LogP contribution < -0.4 is 4.74 Å². The maximum Gasteiger partial charge on any atom is 0.119 e. The highest BCUT2D eigenvalue weighted by Crippen LogP contribution is 2.84. The van der Waals surface area contributed by atoms with Gasteiger partial charge in [0.2, 0.25) is 0 Å². The first-order valence-electron chi connectivity index (χ1n) is 10.3. The van der Waals surface area contributed by atoms with Crippen molar-refractivity contribution in [3.05, 3.63) is 29.3 Å². The van der Waals surface area contributed by atoms with Crippen molar-refractivity contribution in [2.24, 2.45) is 28.6 Å². The van der Waals surface area contributed by atoms with Gasteiger partial charge in [0.15, 0.2) is 0 Å². The molecule has 4 aliphatic rings. The molecule has 142 valence electrons. The van der Waals surface area contributed by atoms with Crippen LogP contribution >= 0.6 is 0 Å². The fraction of sp³-hybridized carbons (Fsp3) is 0.739. The van der Waals surface area contributed by atoms with Gasteiger partial charge >= 0.3 is 0 Å². The second-order valence-electron chi connectivity index (χ2n) is 9.86. The second-order valence-corrected chi connectivity index (χ2v) is 9.86. The van der Waals surface area contributed by atoms with E-state index in [1.54, 1.807) is 19.8 Å². The molecular formula is C23H32O3. The summed E-state index contributed by atoms with van der Waals surface area (Å²) in [6.07, 6.45) is 5.68. The molecule has 1 spiro atoms. The number of benzene rings is 1. The fourth-order valence-corrected chi connectivity index (χ4v) is 8.00. The first-order valence-corrected chi connectivity index (χ1v) is 10.3. The number of ether oxygens (including phenoxy) is 2. The molecule has 0 aromatic heterocycles. The number of aliphatic hydroxyl groups is 1. The average Bonchev–Trinajstić information content (AvgIpc) is 3.26. The van der Waals surface area contributed by atoms with Crippen LogP contribution in [0.2, 0.25) is 0 Å². The van der Waals surface area contributed by atoms with Gasteiger partial charge in [-0.3, -0.25) is 0 Å². The lowest BCUT2D eigenvalue weighted by molar-refractivity contribution is -0.161. The van der Waals surface area contributed by atoms with Crippen molar-refractivity contribution in [2.45, 2.75) is 57.5 Å². The number of hydrogen-bond donors (Lipinski definition) is 1. The molecule has 3 saturated carbocycles. The maximum atomic E-state index is 11.5. The van der Waals surface area contributed by atoms with Gasteiger partial charge in [-0.2, -0.15) is 0 Å². The molecule has 4 aliphatic carbocycles. The van der Waals surface area contributed by atoms with Crippen LogP contribution in [0.3, 0.4) is 0 Å². The Balaban J connectivity index is 1.57. The second kappa shape index (κ2) is 5.26. The number of rotatable bonds is 3. The van der Waals surface area contributed by atoms with Gasteiger partial charge in [-0.15, -0.1) is 0 Å². The van der Waals surface area contributed by atoms with Gasteiger partial charge in [-0.05, 0) is 84.5 Å². The Bertz CT molecular complexity index is 745. The lowest BCUT2D eigenvalue weighted by Gasteiger charge is -2.57. The Kier molecular flexibility index (Phi) is 3.45. The van der Waals surface area contributed by atoms with E-state index >= 15 is 0 Å². The van der Waals surface area contributed by atoms with E-state index in [9.17, 15) is 5.11 Å². The molecule has 0 aliphatic heterocycles. The van der Waals surface area contributed by atoms with Gasteiger partial charge in [0, 0.05) is 12.5 Å². The summed E-state index contributed by atoms with van der Waals surface area (Å²) in [4.78, 5) is 0. The minimum Gasteiger partial charge on any atom is -0.497 e.